The second kappa shape index (κ2) is 7.61. The van der Waals surface area contributed by atoms with E-state index in [2.05, 4.69) is 52.8 Å². The van der Waals surface area contributed by atoms with Crippen molar-refractivity contribution in [2.45, 2.75) is 78.6 Å². The Hall–Kier alpha value is -0.780. The van der Waals surface area contributed by atoms with Crippen molar-refractivity contribution in [1.82, 2.24) is 0 Å². The van der Waals surface area contributed by atoms with Gasteiger partial charge >= 0.3 is 0 Å². The summed E-state index contributed by atoms with van der Waals surface area (Å²) in [5.74, 6) is 1.45. The molecule has 1 rings (SSSR count). The van der Waals surface area contributed by atoms with Crippen LogP contribution in [0.25, 0.3) is 0 Å². The highest BCUT2D eigenvalue weighted by atomic mass is 14.2. The first-order valence-electron chi connectivity index (χ1n) is 7.81. The summed E-state index contributed by atoms with van der Waals surface area (Å²) < 4.78 is 0. The molecule has 0 N–H and O–H groups in total. The monoisotopic (exact) mass is 246 g/mol. The molecule has 0 bridgehead atoms. The number of rotatable bonds is 7. The maximum Gasteiger partial charge on any atom is -0.0164 e. The molecule has 0 aliphatic carbocycles. The van der Waals surface area contributed by atoms with E-state index in [9.17, 15) is 0 Å². The molecule has 1 aromatic carbocycles. The molecule has 1 aromatic rings. The number of benzene rings is 1. The Morgan fingerprint density at radius 1 is 1.00 bits per heavy atom. The lowest BCUT2D eigenvalue weighted by Crippen LogP contribution is -2.07. The molecule has 0 aliphatic heterocycles. The fourth-order valence-corrected chi connectivity index (χ4v) is 3.20. The van der Waals surface area contributed by atoms with Gasteiger partial charge in [0.05, 0.1) is 0 Å². The first-order valence-corrected chi connectivity index (χ1v) is 7.81. The van der Waals surface area contributed by atoms with Crippen molar-refractivity contribution in [1.29, 1.82) is 0 Å². The minimum atomic E-state index is 0.710. The van der Waals surface area contributed by atoms with E-state index >= 15 is 0 Å². The van der Waals surface area contributed by atoms with Gasteiger partial charge in [-0.2, -0.15) is 0 Å². The smallest absolute Gasteiger partial charge is 0.0164 e. The first-order chi connectivity index (χ1) is 8.69. The predicted octanol–water partition coefficient (Wildman–Crippen LogP) is 6.06. The molecule has 0 saturated heterocycles. The standard InChI is InChI=1S/C18H30/c1-6-11-14(5)18-16(9-4)12-10-13-17(18)15(7-2)8-3/h10,12-15H,6-9,11H2,1-5H3. The number of hydrogen-bond donors (Lipinski definition) is 0. The Balaban J connectivity index is 3.23. The summed E-state index contributed by atoms with van der Waals surface area (Å²) >= 11 is 0. The Morgan fingerprint density at radius 2 is 1.67 bits per heavy atom. The van der Waals surface area contributed by atoms with Crippen LogP contribution in [0.4, 0.5) is 0 Å². The predicted molar refractivity (Wildman–Crippen MR) is 82.5 cm³/mol. The third kappa shape index (κ3) is 3.37. The van der Waals surface area contributed by atoms with Crippen LogP contribution in [0, 0.1) is 0 Å². The van der Waals surface area contributed by atoms with Crippen molar-refractivity contribution in [3.05, 3.63) is 34.9 Å². The molecule has 0 heteroatoms. The van der Waals surface area contributed by atoms with Crippen molar-refractivity contribution < 1.29 is 0 Å². The molecule has 0 aliphatic rings. The van der Waals surface area contributed by atoms with E-state index in [1.807, 2.05) is 0 Å². The first kappa shape index (κ1) is 15.3. The summed E-state index contributed by atoms with van der Waals surface area (Å²) in [4.78, 5) is 0. The van der Waals surface area contributed by atoms with Gasteiger partial charge in [-0.15, -0.1) is 0 Å². The topological polar surface area (TPSA) is 0 Å². The largest absolute Gasteiger partial charge is 0.0654 e. The highest BCUT2D eigenvalue weighted by Gasteiger charge is 2.18. The van der Waals surface area contributed by atoms with Gasteiger partial charge in [0.2, 0.25) is 0 Å². The number of aryl methyl sites for hydroxylation is 1. The van der Waals surface area contributed by atoms with E-state index in [1.54, 1.807) is 16.7 Å². The van der Waals surface area contributed by atoms with Gasteiger partial charge in [0.25, 0.3) is 0 Å². The van der Waals surface area contributed by atoms with Crippen LogP contribution in [-0.2, 0) is 6.42 Å². The van der Waals surface area contributed by atoms with Gasteiger partial charge in [0, 0.05) is 0 Å². The lowest BCUT2D eigenvalue weighted by Gasteiger charge is -2.24. The molecule has 0 radical (unpaired) electrons. The third-order valence-electron chi connectivity index (χ3n) is 4.25. The zero-order chi connectivity index (χ0) is 13.5. The summed E-state index contributed by atoms with van der Waals surface area (Å²) in [6, 6.07) is 6.96. The third-order valence-corrected chi connectivity index (χ3v) is 4.25. The number of hydrogen-bond acceptors (Lipinski definition) is 0. The molecule has 0 heterocycles. The van der Waals surface area contributed by atoms with E-state index in [4.69, 9.17) is 0 Å². The van der Waals surface area contributed by atoms with E-state index in [0.29, 0.717) is 5.92 Å². The Labute approximate surface area is 114 Å². The average molecular weight is 246 g/mol. The minimum absolute atomic E-state index is 0.710. The van der Waals surface area contributed by atoms with Crippen LogP contribution in [0.1, 0.15) is 88.8 Å². The van der Waals surface area contributed by atoms with E-state index < -0.39 is 0 Å². The van der Waals surface area contributed by atoms with Crippen LogP contribution in [0.2, 0.25) is 0 Å². The molecule has 0 aromatic heterocycles. The van der Waals surface area contributed by atoms with E-state index in [-0.39, 0.29) is 0 Å². The quantitative estimate of drug-likeness (QED) is 0.549. The van der Waals surface area contributed by atoms with Crippen LogP contribution < -0.4 is 0 Å². The zero-order valence-electron chi connectivity index (χ0n) is 12.9. The Kier molecular flexibility index (Phi) is 6.46. The average Bonchev–Trinajstić information content (AvgIpc) is 2.40. The van der Waals surface area contributed by atoms with Gasteiger partial charge in [0.1, 0.15) is 0 Å². The van der Waals surface area contributed by atoms with Gasteiger partial charge in [-0.25, -0.2) is 0 Å². The zero-order valence-corrected chi connectivity index (χ0v) is 12.9. The normalized spacial score (nSPS) is 13.0. The van der Waals surface area contributed by atoms with Crippen LogP contribution >= 0.6 is 0 Å². The van der Waals surface area contributed by atoms with Gasteiger partial charge in [-0.1, -0.05) is 59.2 Å². The molecule has 18 heavy (non-hydrogen) atoms. The van der Waals surface area contributed by atoms with E-state index in [1.165, 1.54) is 25.7 Å². The minimum Gasteiger partial charge on any atom is -0.0654 e. The van der Waals surface area contributed by atoms with Crippen molar-refractivity contribution in [2.24, 2.45) is 0 Å². The molecular weight excluding hydrogens is 216 g/mol. The Bertz CT molecular complexity index is 347. The molecule has 0 amide bonds. The van der Waals surface area contributed by atoms with Crippen LogP contribution in [0.3, 0.4) is 0 Å². The maximum absolute atomic E-state index is 2.41. The summed E-state index contributed by atoms with van der Waals surface area (Å²) in [5, 5.41) is 0. The molecule has 1 unspecified atom stereocenters. The second-order valence-corrected chi connectivity index (χ2v) is 5.48. The molecule has 0 saturated carbocycles. The fraction of sp³-hybridized carbons (Fsp3) is 0.667. The van der Waals surface area contributed by atoms with Gasteiger partial charge < -0.3 is 0 Å². The summed E-state index contributed by atoms with van der Waals surface area (Å²) in [6.07, 6.45) is 6.27. The van der Waals surface area contributed by atoms with Crippen molar-refractivity contribution in [2.75, 3.05) is 0 Å². The molecular formula is C18H30. The summed E-state index contributed by atoms with van der Waals surface area (Å²) in [5.41, 5.74) is 4.86. The van der Waals surface area contributed by atoms with Crippen LogP contribution in [0.15, 0.2) is 18.2 Å². The second-order valence-electron chi connectivity index (χ2n) is 5.48. The highest BCUT2D eigenvalue weighted by Crippen LogP contribution is 2.35. The molecule has 0 nitrogen and oxygen atoms in total. The Morgan fingerprint density at radius 3 is 2.17 bits per heavy atom. The van der Waals surface area contributed by atoms with Gasteiger partial charge in [-0.3, -0.25) is 0 Å². The molecule has 0 fully saturated rings. The molecule has 0 spiro atoms. The lowest BCUT2D eigenvalue weighted by molar-refractivity contribution is 0.601. The molecule has 102 valence electrons. The highest BCUT2D eigenvalue weighted by molar-refractivity contribution is 5.40. The molecule has 1 atom stereocenters. The SMILES string of the molecule is CCCC(C)c1c(CC)cccc1C(CC)CC. The van der Waals surface area contributed by atoms with Crippen LogP contribution in [0.5, 0.6) is 0 Å². The van der Waals surface area contributed by atoms with Gasteiger partial charge in [-0.05, 0) is 54.2 Å². The van der Waals surface area contributed by atoms with Crippen molar-refractivity contribution >= 4 is 0 Å². The van der Waals surface area contributed by atoms with E-state index in [0.717, 1.165) is 12.3 Å². The van der Waals surface area contributed by atoms with Crippen molar-refractivity contribution in [3.8, 4) is 0 Å². The van der Waals surface area contributed by atoms with Crippen molar-refractivity contribution in [3.63, 3.8) is 0 Å². The maximum atomic E-state index is 2.41. The van der Waals surface area contributed by atoms with Crippen LogP contribution in [-0.4, -0.2) is 0 Å². The fourth-order valence-electron chi connectivity index (χ4n) is 3.20. The lowest BCUT2D eigenvalue weighted by atomic mass is 9.81. The summed E-state index contributed by atoms with van der Waals surface area (Å²) in [6.45, 7) is 11.6. The summed E-state index contributed by atoms with van der Waals surface area (Å²) in [7, 11) is 0. The van der Waals surface area contributed by atoms with Gasteiger partial charge in [0.15, 0.2) is 0 Å².